The summed E-state index contributed by atoms with van der Waals surface area (Å²) in [6.07, 6.45) is 3.06. The SMILES string of the molecule is CCn1ncc(NC(=O)c2cc(Br)c(Br)s2)c1C(=O)Nc1cnn(C)c1C. The molecule has 2 amide bonds. The van der Waals surface area contributed by atoms with E-state index in [1.54, 1.807) is 24.0 Å². The van der Waals surface area contributed by atoms with Gasteiger partial charge in [-0.15, -0.1) is 11.3 Å². The summed E-state index contributed by atoms with van der Waals surface area (Å²) in [5, 5.41) is 13.9. The highest BCUT2D eigenvalue weighted by atomic mass is 79.9. The van der Waals surface area contributed by atoms with Crippen molar-refractivity contribution in [1.29, 1.82) is 0 Å². The van der Waals surface area contributed by atoms with Crippen LogP contribution in [0.5, 0.6) is 0 Å². The van der Waals surface area contributed by atoms with Crippen LogP contribution >= 0.6 is 43.2 Å². The van der Waals surface area contributed by atoms with Crippen LogP contribution in [-0.4, -0.2) is 31.4 Å². The quantitative estimate of drug-likeness (QED) is 0.536. The molecule has 3 aromatic rings. The second-order valence-electron chi connectivity index (χ2n) is 5.63. The largest absolute Gasteiger partial charge is 0.318 e. The molecule has 3 aromatic heterocycles. The highest BCUT2D eigenvalue weighted by molar-refractivity contribution is 9.13. The summed E-state index contributed by atoms with van der Waals surface area (Å²) in [4.78, 5) is 25.9. The summed E-state index contributed by atoms with van der Waals surface area (Å²) in [6.45, 7) is 4.22. The third-order valence-corrected chi connectivity index (χ3v) is 7.21. The van der Waals surface area contributed by atoms with Crippen molar-refractivity contribution >= 4 is 66.4 Å². The Morgan fingerprint density at radius 3 is 2.37 bits per heavy atom. The number of rotatable bonds is 5. The van der Waals surface area contributed by atoms with E-state index in [1.165, 1.54) is 22.2 Å². The zero-order valence-corrected chi connectivity index (χ0v) is 18.7. The molecule has 0 bridgehead atoms. The molecular weight excluding hydrogens is 500 g/mol. The maximum atomic E-state index is 12.8. The van der Waals surface area contributed by atoms with Crippen LogP contribution in [0.1, 0.15) is 32.8 Å². The molecule has 0 aliphatic heterocycles. The fourth-order valence-electron chi connectivity index (χ4n) is 2.40. The Balaban J connectivity index is 1.87. The monoisotopic (exact) mass is 514 g/mol. The lowest BCUT2D eigenvalue weighted by atomic mass is 10.3. The normalized spacial score (nSPS) is 10.9. The fourth-order valence-corrected chi connectivity index (χ4v) is 4.33. The van der Waals surface area contributed by atoms with E-state index in [2.05, 4.69) is 52.7 Å². The van der Waals surface area contributed by atoms with Gasteiger partial charge in [0.1, 0.15) is 5.69 Å². The Kier molecular flexibility index (Phi) is 5.82. The molecule has 0 aromatic carbocycles. The van der Waals surface area contributed by atoms with E-state index in [-0.39, 0.29) is 17.5 Å². The van der Waals surface area contributed by atoms with E-state index in [0.717, 1.165) is 14.0 Å². The average Bonchev–Trinajstić information content (AvgIpc) is 3.29. The fraction of sp³-hybridized carbons (Fsp3) is 0.250. The number of nitrogens with one attached hydrogen (secondary N) is 2. The Hall–Kier alpha value is -1.98. The summed E-state index contributed by atoms with van der Waals surface area (Å²) in [5.41, 5.74) is 2.06. The lowest BCUT2D eigenvalue weighted by Crippen LogP contribution is -2.21. The van der Waals surface area contributed by atoms with Crippen LogP contribution in [0.15, 0.2) is 26.7 Å². The topological polar surface area (TPSA) is 93.8 Å². The standard InChI is InChI=1S/C16H16Br2N6O2S/c1-4-24-13(16(26)21-10-6-19-23(3)8(10)2)11(7-20-24)22-15(25)12-5-9(17)14(18)27-12/h5-7H,4H2,1-3H3,(H,21,26)(H,22,25). The van der Waals surface area contributed by atoms with Crippen molar-refractivity contribution in [2.24, 2.45) is 7.05 Å². The minimum Gasteiger partial charge on any atom is -0.318 e. The molecule has 0 aliphatic carbocycles. The summed E-state index contributed by atoms with van der Waals surface area (Å²) >= 11 is 8.03. The Bertz CT molecular complexity index is 1000. The van der Waals surface area contributed by atoms with Crippen LogP contribution < -0.4 is 10.6 Å². The smallest absolute Gasteiger partial charge is 0.276 e. The van der Waals surface area contributed by atoms with Gasteiger partial charge in [-0.3, -0.25) is 19.0 Å². The van der Waals surface area contributed by atoms with E-state index < -0.39 is 0 Å². The predicted octanol–water partition coefficient (Wildman–Crippen LogP) is 4.04. The predicted molar refractivity (Wildman–Crippen MR) is 111 cm³/mol. The highest BCUT2D eigenvalue weighted by Gasteiger charge is 2.22. The van der Waals surface area contributed by atoms with E-state index in [9.17, 15) is 9.59 Å². The van der Waals surface area contributed by atoms with Gasteiger partial charge in [-0.05, 0) is 51.8 Å². The molecule has 27 heavy (non-hydrogen) atoms. The summed E-state index contributed by atoms with van der Waals surface area (Å²) in [7, 11) is 1.80. The van der Waals surface area contributed by atoms with Crippen molar-refractivity contribution in [2.75, 3.05) is 10.6 Å². The number of aryl methyl sites for hydroxylation is 2. The lowest BCUT2D eigenvalue weighted by molar-refractivity contribution is 0.101. The zero-order chi connectivity index (χ0) is 19.7. The first kappa shape index (κ1) is 19.8. The van der Waals surface area contributed by atoms with Gasteiger partial charge in [-0.1, -0.05) is 0 Å². The van der Waals surface area contributed by atoms with Crippen molar-refractivity contribution in [3.05, 3.63) is 43.0 Å². The second-order valence-corrected chi connectivity index (χ2v) is 8.85. The van der Waals surface area contributed by atoms with Crippen molar-refractivity contribution < 1.29 is 9.59 Å². The Morgan fingerprint density at radius 2 is 1.81 bits per heavy atom. The summed E-state index contributed by atoms with van der Waals surface area (Å²) < 4.78 is 4.83. The first-order chi connectivity index (χ1) is 12.8. The molecule has 0 radical (unpaired) electrons. The number of amides is 2. The number of thiophene rings is 1. The summed E-state index contributed by atoms with van der Waals surface area (Å²) in [5.74, 6) is -0.678. The highest BCUT2D eigenvalue weighted by Crippen LogP contribution is 2.33. The van der Waals surface area contributed by atoms with Gasteiger partial charge < -0.3 is 10.6 Å². The molecule has 0 saturated heterocycles. The Morgan fingerprint density at radius 1 is 1.15 bits per heavy atom. The minimum absolute atomic E-state index is 0.281. The number of nitrogens with zero attached hydrogens (tertiary/aromatic N) is 4. The third kappa shape index (κ3) is 3.99. The molecule has 2 N–H and O–H groups in total. The number of halogens is 2. The molecule has 11 heteroatoms. The number of hydrogen-bond donors (Lipinski definition) is 2. The molecule has 3 rings (SSSR count). The number of anilines is 2. The van der Waals surface area contributed by atoms with Crippen molar-refractivity contribution in [2.45, 2.75) is 20.4 Å². The van der Waals surface area contributed by atoms with Crippen LogP contribution in [0.2, 0.25) is 0 Å². The number of carbonyl (C=O) groups excluding carboxylic acids is 2. The van der Waals surface area contributed by atoms with E-state index in [1.807, 2.05) is 13.8 Å². The molecule has 0 atom stereocenters. The van der Waals surface area contributed by atoms with Crippen LogP contribution in [0.25, 0.3) is 0 Å². The van der Waals surface area contributed by atoms with E-state index in [0.29, 0.717) is 22.8 Å². The average molecular weight is 516 g/mol. The number of carbonyl (C=O) groups is 2. The van der Waals surface area contributed by atoms with Crippen LogP contribution in [0.4, 0.5) is 11.4 Å². The summed E-state index contributed by atoms with van der Waals surface area (Å²) in [6, 6.07) is 1.72. The number of aromatic nitrogens is 4. The number of hydrogen-bond acceptors (Lipinski definition) is 5. The molecule has 3 heterocycles. The van der Waals surface area contributed by atoms with Gasteiger partial charge in [0.05, 0.1) is 38.1 Å². The van der Waals surface area contributed by atoms with Crippen LogP contribution in [-0.2, 0) is 13.6 Å². The van der Waals surface area contributed by atoms with Crippen molar-refractivity contribution in [3.63, 3.8) is 0 Å². The molecule has 0 aliphatic rings. The molecule has 0 fully saturated rings. The first-order valence-electron chi connectivity index (χ1n) is 7.93. The van der Waals surface area contributed by atoms with Crippen molar-refractivity contribution in [1.82, 2.24) is 19.6 Å². The zero-order valence-electron chi connectivity index (χ0n) is 14.7. The minimum atomic E-state index is -0.366. The first-order valence-corrected chi connectivity index (χ1v) is 10.3. The van der Waals surface area contributed by atoms with Gasteiger partial charge in [-0.2, -0.15) is 10.2 Å². The maximum absolute atomic E-state index is 12.8. The van der Waals surface area contributed by atoms with Gasteiger partial charge in [0.2, 0.25) is 0 Å². The van der Waals surface area contributed by atoms with Crippen molar-refractivity contribution in [3.8, 4) is 0 Å². The second kappa shape index (κ2) is 7.95. The van der Waals surface area contributed by atoms with Gasteiger partial charge in [-0.25, -0.2) is 0 Å². The van der Waals surface area contributed by atoms with Crippen LogP contribution in [0, 0.1) is 6.92 Å². The van der Waals surface area contributed by atoms with E-state index >= 15 is 0 Å². The van der Waals surface area contributed by atoms with Gasteiger partial charge in [0.15, 0.2) is 0 Å². The van der Waals surface area contributed by atoms with E-state index in [4.69, 9.17) is 0 Å². The molecule has 8 nitrogen and oxygen atoms in total. The molecule has 0 spiro atoms. The lowest BCUT2D eigenvalue weighted by Gasteiger charge is -2.09. The maximum Gasteiger partial charge on any atom is 0.276 e. The Labute approximate surface area is 176 Å². The van der Waals surface area contributed by atoms with Gasteiger partial charge >= 0.3 is 0 Å². The van der Waals surface area contributed by atoms with Crippen LogP contribution in [0.3, 0.4) is 0 Å². The molecule has 0 saturated carbocycles. The van der Waals surface area contributed by atoms with Gasteiger partial charge in [0.25, 0.3) is 11.8 Å². The third-order valence-electron chi connectivity index (χ3n) is 3.95. The molecule has 0 unspecified atom stereocenters. The molecular formula is C16H16Br2N6O2S. The molecule has 142 valence electrons. The van der Waals surface area contributed by atoms with Gasteiger partial charge in [0, 0.05) is 18.1 Å².